The molecule has 0 aromatic heterocycles. The van der Waals surface area contributed by atoms with Gasteiger partial charge >= 0.3 is 0 Å². The largest absolute Gasteiger partial charge is 0.398 e. The van der Waals surface area contributed by atoms with Crippen molar-refractivity contribution in [1.29, 1.82) is 0 Å². The third-order valence-corrected chi connectivity index (χ3v) is 2.93. The van der Waals surface area contributed by atoms with E-state index in [-0.39, 0.29) is 30.6 Å². The minimum atomic E-state index is -0.285. The molecule has 1 aliphatic heterocycles. The average Bonchev–Trinajstić information content (AvgIpc) is 2.41. The summed E-state index contributed by atoms with van der Waals surface area (Å²) in [7, 11) is 0. The van der Waals surface area contributed by atoms with Crippen molar-refractivity contribution >= 4 is 23.3 Å². The molecule has 0 saturated heterocycles. The number of ketones is 1. The number of nitrogens with one attached hydrogen (secondary N) is 1. The van der Waals surface area contributed by atoms with Crippen LogP contribution in [0.2, 0.25) is 0 Å². The van der Waals surface area contributed by atoms with Crippen LogP contribution in [0.3, 0.4) is 0 Å². The van der Waals surface area contributed by atoms with Crippen molar-refractivity contribution in [2.45, 2.75) is 6.42 Å². The van der Waals surface area contributed by atoms with Crippen LogP contribution in [0.4, 0.5) is 5.69 Å². The van der Waals surface area contributed by atoms with Gasteiger partial charge in [-0.3, -0.25) is 14.4 Å². The lowest BCUT2D eigenvalue weighted by atomic mass is 10.1. The first kappa shape index (κ1) is 13.8. The van der Waals surface area contributed by atoms with Crippen LogP contribution in [0.25, 0.3) is 0 Å². The summed E-state index contributed by atoms with van der Waals surface area (Å²) in [6.45, 7) is 0.610. The molecule has 2 amide bonds. The number of nitrogens with two attached hydrogens (primary N) is 1. The second-order valence-electron chi connectivity index (χ2n) is 4.39. The number of carbonyl (C=O) groups excluding carboxylic acids is 3. The van der Waals surface area contributed by atoms with Crippen LogP contribution in [-0.4, -0.2) is 35.6 Å². The zero-order valence-corrected chi connectivity index (χ0v) is 10.8. The first-order valence-corrected chi connectivity index (χ1v) is 6.21. The maximum Gasteiger partial charge on any atom is 0.253 e. The topological polar surface area (TPSA) is 92.5 Å². The number of benzene rings is 1. The van der Waals surface area contributed by atoms with Crippen LogP contribution < -0.4 is 11.1 Å². The number of anilines is 1. The molecule has 1 aromatic carbocycles. The summed E-state index contributed by atoms with van der Waals surface area (Å²) in [5.74, 6) is -0.745. The molecule has 2 rings (SSSR count). The van der Waals surface area contributed by atoms with Crippen LogP contribution in [-0.2, 0) is 9.59 Å². The maximum atomic E-state index is 11.9. The van der Waals surface area contributed by atoms with Gasteiger partial charge in [0.05, 0.1) is 12.0 Å². The Balaban J connectivity index is 1.86. The minimum Gasteiger partial charge on any atom is -0.398 e. The second kappa shape index (κ2) is 6.01. The van der Waals surface area contributed by atoms with Gasteiger partial charge in [0.2, 0.25) is 5.91 Å². The predicted octanol–water partition coefficient (Wildman–Crippen LogP) is 0.314. The van der Waals surface area contributed by atoms with E-state index in [2.05, 4.69) is 5.32 Å². The first-order valence-electron chi connectivity index (χ1n) is 6.21. The van der Waals surface area contributed by atoms with Crippen LogP contribution in [0, 0.1) is 0 Å². The zero-order chi connectivity index (χ0) is 14.5. The van der Waals surface area contributed by atoms with Gasteiger partial charge in [-0.1, -0.05) is 12.1 Å². The summed E-state index contributed by atoms with van der Waals surface area (Å²) < 4.78 is 0. The van der Waals surface area contributed by atoms with E-state index in [0.29, 0.717) is 17.8 Å². The van der Waals surface area contributed by atoms with E-state index in [9.17, 15) is 14.4 Å². The summed E-state index contributed by atoms with van der Waals surface area (Å²) in [5.41, 5.74) is 6.51. The molecule has 1 heterocycles. The summed E-state index contributed by atoms with van der Waals surface area (Å²) in [5, 5.41) is 2.69. The molecule has 3 N–H and O–H groups in total. The van der Waals surface area contributed by atoms with Crippen molar-refractivity contribution in [3.8, 4) is 0 Å². The second-order valence-corrected chi connectivity index (χ2v) is 4.39. The zero-order valence-electron chi connectivity index (χ0n) is 10.8. The van der Waals surface area contributed by atoms with Crippen LogP contribution in [0.1, 0.15) is 16.8 Å². The van der Waals surface area contributed by atoms with Crippen LogP contribution in [0.15, 0.2) is 36.5 Å². The highest BCUT2D eigenvalue weighted by molar-refractivity contribution is 6.06. The van der Waals surface area contributed by atoms with Gasteiger partial charge in [-0.15, -0.1) is 0 Å². The molecule has 0 atom stereocenters. The molecule has 0 radical (unpaired) electrons. The van der Waals surface area contributed by atoms with Gasteiger partial charge in [0.15, 0.2) is 5.78 Å². The number of nitrogens with zero attached hydrogens (tertiary/aromatic N) is 1. The highest BCUT2D eigenvalue weighted by Gasteiger charge is 2.18. The Morgan fingerprint density at radius 3 is 2.75 bits per heavy atom. The van der Waals surface area contributed by atoms with Gasteiger partial charge in [0, 0.05) is 25.0 Å². The third-order valence-electron chi connectivity index (χ3n) is 2.93. The number of amides is 2. The minimum absolute atomic E-state index is 0.115. The molecule has 0 aliphatic carbocycles. The SMILES string of the molecule is Nc1ccccc1C(=O)NCCN1C=CC(=O)CC1=O. The maximum absolute atomic E-state index is 11.9. The van der Waals surface area contributed by atoms with E-state index in [1.165, 1.54) is 17.2 Å². The molecule has 1 aliphatic rings. The number of carbonyl (C=O) groups is 3. The predicted molar refractivity (Wildman–Crippen MR) is 73.7 cm³/mol. The van der Waals surface area contributed by atoms with E-state index in [4.69, 9.17) is 5.73 Å². The molecular weight excluding hydrogens is 258 g/mol. The number of rotatable bonds is 4. The number of allylic oxidation sites excluding steroid dienone is 1. The highest BCUT2D eigenvalue weighted by Crippen LogP contribution is 2.10. The van der Waals surface area contributed by atoms with Crippen molar-refractivity contribution in [3.05, 3.63) is 42.1 Å². The average molecular weight is 273 g/mol. The number of hydrogen-bond acceptors (Lipinski definition) is 4. The van der Waals surface area contributed by atoms with Crippen LogP contribution >= 0.6 is 0 Å². The lowest BCUT2D eigenvalue weighted by Gasteiger charge is -2.20. The molecule has 0 unspecified atom stereocenters. The lowest BCUT2D eigenvalue weighted by Crippen LogP contribution is -2.38. The molecule has 104 valence electrons. The van der Waals surface area contributed by atoms with Crippen molar-refractivity contribution in [2.24, 2.45) is 0 Å². The van der Waals surface area contributed by atoms with Gasteiger partial charge in [-0.2, -0.15) is 0 Å². The normalized spacial score (nSPS) is 14.5. The third kappa shape index (κ3) is 3.23. The fourth-order valence-corrected chi connectivity index (χ4v) is 1.85. The Labute approximate surface area is 116 Å². The van der Waals surface area contributed by atoms with Gasteiger partial charge in [0.25, 0.3) is 5.91 Å². The smallest absolute Gasteiger partial charge is 0.253 e. The van der Waals surface area contributed by atoms with E-state index in [1.54, 1.807) is 24.3 Å². The van der Waals surface area contributed by atoms with Crippen LogP contribution in [0.5, 0.6) is 0 Å². The summed E-state index contributed by atoms with van der Waals surface area (Å²) in [6.07, 6.45) is 2.69. The number of hydrogen-bond donors (Lipinski definition) is 2. The molecule has 6 heteroatoms. The van der Waals surface area contributed by atoms with Gasteiger partial charge in [-0.25, -0.2) is 0 Å². The van der Waals surface area contributed by atoms with Gasteiger partial charge in [0.1, 0.15) is 0 Å². The Kier molecular flexibility index (Phi) is 4.14. The molecular formula is C14H15N3O3. The van der Waals surface area contributed by atoms with E-state index in [1.807, 2.05) is 0 Å². The molecule has 20 heavy (non-hydrogen) atoms. The quantitative estimate of drug-likeness (QED) is 0.610. The Bertz CT molecular complexity index is 581. The van der Waals surface area contributed by atoms with Crippen molar-refractivity contribution in [3.63, 3.8) is 0 Å². The molecule has 6 nitrogen and oxygen atoms in total. The highest BCUT2D eigenvalue weighted by atomic mass is 16.2. The van der Waals surface area contributed by atoms with Crippen molar-refractivity contribution in [2.75, 3.05) is 18.8 Å². The van der Waals surface area contributed by atoms with Crippen molar-refractivity contribution in [1.82, 2.24) is 10.2 Å². The Hall–Kier alpha value is -2.63. The fraction of sp³-hybridized carbons (Fsp3) is 0.214. The van der Waals surface area contributed by atoms with E-state index in [0.717, 1.165) is 0 Å². The number of nitrogen functional groups attached to an aromatic ring is 1. The summed E-state index contributed by atoms with van der Waals surface area (Å²) >= 11 is 0. The molecule has 1 aromatic rings. The fourth-order valence-electron chi connectivity index (χ4n) is 1.85. The summed E-state index contributed by atoms with van der Waals surface area (Å²) in [4.78, 5) is 35.8. The molecule has 0 saturated carbocycles. The molecule has 0 spiro atoms. The van der Waals surface area contributed by atoms with Crippen molar-refractivity contribution < 1.29 is 14.4 Å². The van der Waals surface area contributed by atoms with Gasteiger partial charge < -0.3 is 16.0 Å². The molecule has 0 bridgehead atoms. The molecule has 0 fully saturated rings. The Morgan fingerprint density at radius 1 is 1.30 bits per heavy atom. The van der Waals surface area contributed by atoms with E-state index >= 15 is 0 Å². The summed E-state index contributed by atoms with van der Waals surface area (Å²) in [6, 6.07) is 6.76. The first-order chi connectivity index (χ1) is 9.58. The Morgan fingerprint density at radius 2 is 2.05 bits per heavy atom. The lowest BCUT2D eigenvalue weighted by molar-refractivity contribution is -0.133. The standard InChI is InChI=1S/C14H15N3O3/c15-12-4-2-1-3-11(12)14(20)16-6-8-17-7-5-10(18)9-13(17)19/h1-5,7H,6,8-9,15H2,(H,16,20). The monoisotopic (exact) mass is 273 g/mol. The van der Waals surface area contributed by atoms with E-state index < -0.39 is 0 Å². The van der Waals surface area contributed by atoms with Gasteiger partial charge in [-0.05, 0) is 18.2 Å². The number of para-hydroxylation sites is 1.